The molecule has 1 aromatic carbocycles. The van der Waals surface area contributed by atoms with Gasteiger partial charge in [-0.2, -0.15) is 0 Å². The molecule has 0 radical (unpaired) electrons. The van der Waals surface area contributed by atoms with Crippen molar-refractivity contribution in [2.75, 3.05) is 0 Å². The van der Waals surface area contributed by atoms with Gasteiger partial charge in [0, 0.05) is 5.39 Å². The minimum absolute atomic E-state index is 0.131. The zero-order valence-electron chi connectivity index (χ0n) is 11.2. The molecule has 1 amide bonds. The molecule has 0 saturated carbocycles. The van der Waals surface area contributed by atoms with E-state index in [1.165, 1.54) is 12.1 Å². The van der Waals surface area contributed by atoms with Crippen molar-refractivity contribution in [1.82, 2.24) is 4.98 Å². The fourth-order valence-electron chi connectivity index (χ4n) is 1.92. The Balaban J connectivity index is 1.93. The molecule has 0 atom stereocenters. The summed E-state index contributed by atoms with van der Waals surface area (Å²) in [5, 5.41) is 27.3. The first kappa shape index (κ1) is 14.4. The van der Waals surface area contributed by atoms with Crippen molar-refractivity contribution >= 4 is 28.4 Å². The summed E-state index contributed by atoms with van der Waals surface area (Å²) >= 11 is 0. The van der Waals surface area contributed by atoms with E-state index < -0.39 is 28.4 Å². The molecule has 2 N–H and O–H groups in total. The normalized spacial score (nSPS) is 11.3. The number of halogens is 1. The average Bonchev–Trinajstić information content (AvgIpc) is 3.10. The molecule has 2 aromatic heterocycles. The third-order valence-electron chi connectivity index (χ3n) is 2.94. The number of H-pyrrole nitrogens is 1. The number of nitro groups is 1. The molecule has 23 heavy (non-hydrogen) atoms. The van der Waals surface area contributed by atoms with Crippen LogP contribution in [0, 0.1) is 15.9 Å². The standard InChI is InChI=1S/C13H7FN4O5/c14-6-1-2-8-7(5-6)11(13(20)15-8)16-17-12(19)9-3-4-10(23-9)18(21)22/h1-5,15,20H. The van der Waals surface area contributed by atoms with E-state index in [1.54, 1.807) is 0 Å². The second kappa shape index (κ2) is 5.33. The predicted octanol–water partition coefficient (Wildman–Crippen LogP) is 3.44. The Morgan fingerprint density at radius 3 is 2.83 bits per heavy atom. The van der Waals surface area contributed by atoms with Gasteiger partial charge in [-0.1, -0.05) is 0 Å². The fourth-order valence-corrected chi connectivity index (χ4v) is 1.92. The van der Waals surface area contributed by atoms with Gasteiger partial charge in [-0.25, -0.2) is 4.39 Å². The smallest absolute Gasteiger partial charge is 0.433 e. The number of benzene rings is 1. The number of aromatic hydroxyl groups is 1. The minimum atomic E-state index is -0.983. The van der Waals surface area contributed by atoms with Crippen LogP contribution in [-0.4, -0.2) is 20.9 Å². The highest BCUT2D eigenvalue weighted by molar-refractivity contribution is 5.95. The Kier molecular flexibility index (Phi) is 3.33. The van der Waals surface area contributed by atoms with Crippen LogP contribution in [0.3, 0.4) is 0 Å². The van der Waals surface area contributed by atoms with Crippen molar-refractivity contribution in [3.05, 3.63) is 52.0 Å². The van der Waals surface area contributed by atoms with Crippen LogP contribution in [-0.2, 0) is 0 Å². The van der Waals surface area contributed by atoms with Gasteiger partial charge in [0.1, 0.15) is 10.7 Å². The largest absolute Gasteiger partial charge is 0.493 e. The number of aromatic nitrogens is 1. The lowest BCUT2D eigenvalue weighted by Crippen LogP contribution is -1.90. The van der Waals surface area contributed by atoms with Gasteiger partial charge in [0.2, 0.25) is 11.6 Å². The van der Waals surface area contributed by atoms with Crippen LogP contribution in [0.15, 0.2) is 45.0 Å². The molecular formula is C13H7FN4O5. The maximum atomic E-state index is 13.3. The lowest BCUT2D eigenvalue weighted by molar-refractivity contribution is -0.402. The number of fused-ring (bicyclic) bond motifs is 1. The number of carbonyl (C=O) groups is 1. The first-order valence-corrected chi connectivity index (χ1v) is 6.16. The number of rotatable bonds is 3. The van der Waals surface area contributed by atoms with Crippen LogP contribution >= 0.6 is 0 Å². The summed E-state index contributed by atoms with van der Waals surface area (Å²) in [6.07, 6.45) is 0. The van der Waals surface area contributed by atoms with E-state index in [1.807, 2.05) is 0 Å². The van der Waals surface area contributed by atoms with E-state index in [-0.39, 0.29) is 16.8 Å². The van der Waals surface area contributed by atoms with Crippen LogP contribution in [0.2, 0.25) is 0 Å². The van der Waals surface area contributed by atoms with E-state index in [0.29, 0.717) is 5.52 Å². The van der Waals surface area contributed by atoms with Crippen molar-refractivity contribution in [3.8, 4) is 5.88 Å². The average molecular weight is 318 g/mol. The highest BCUT2D eigenvalue weighted by Gasteiger charge is 2.18. The second-order valence-electron chi connectivity index (χ2n) is 4.41. The SMILES string of the molecule is O=C(N=Nc1c(O)[nH]c2ccc(F)cc12)c1ccc([N+](=O)[O-])o1. The van der Waals surface area contributed by atoms with Gasteiger partial charge in [0.05, 0.1) is 11.6 Å². The van der Waals surface area contributed by atoms with Crippen molar-refractivity contribution in [2.24, 2.45) is 10.2 Å². The highest BCUT2D eigenvalue weighted by Crippen LogP contribution is 2.35. The van der Waals surface area contributed by atoms with Crippen molar-refractivity contribution in [2.45, 2.75) is 0 Å². The van der Waals surface area contributed by atoms with E-state index in [2.05, 4.69) is 19.6 Å². The zero-order chi connectivity index (χ0) is 16.6. The van der Waals surface area contributed by atoms with E-state index >= 15 is 0 Å². The van der Waals surface area contributed by atoms with Crippen molar-refractivity contribution < 1.29 is 23.6 Å². The number of amides is 1. The molecule has 2 heterocycles. The van der Waals surface area contributed by atoms with Gasteiger partial charge in [0.25, 0.3) is 0 Å². The molecule has 0 spiro atoms. The molecule has 9 nitrogen and oxygen atoms in total. The van der Waals surface area contributed by atoms with Crippen LogP contribution < -0.4 is 0 Å². The summed E-state index contributed by atoms with van der Waals surface area (Å²) in [5.41, 5.74) is 0.271. The monoisotopic (exact) mass is 318 g/mol. The van der Waals surface area contributed by atoms with Gasteiger partial charge in [-0.05, 0) is 24.3 Å². The van der Waals surface area contributed by atoms with Crippen LogP contribution in [0.25, 0.3) is 10.9 Å². The number of carbonyl (C=O) groups excluding carboxylic acids is 1. The van der Waals surface area contributed by atoms with Gasteiger partial charge < -0.3 is 14.5 Å². The van der Waals surface area contributed by atoms with Crippen LogP contribution in [0.1, 0.15) is 10.6 Å². The summed E-state index contributed by atoms with van der Waals surface area (Å²) in [7, 11) is 0. The summed E-state index contributed by atoms with van der Waals surface area (Å²) < 4.78 is 17.9. The van der Waals surface area contributed by atoms with E-state index in [0.717, 1.165) is 18.2 Å². The minimum Gasteiger partial charge on any atom is -0.493 e. The summed E-state index contributed by atoms with van der Waals surface area (Å²) in [4.78, 5) is 24.0. The number of aromatic amines is 1. The topological polar surface area (TPSA) is 134 Å². The molecule has 0 aliphatic carbocycles. The molecule has 116 valence electrons. The lowest BCUT2D eigenvalue weighted by atomic mass is 10.2. The Hall–Kier alpha value is -3.56. The Morgan fingerprint density at radius 2 is 2.13 bits per heavy atom. The number of furan rings is 1. The van der Waals surface area contributed by atoms with Crippen molar-refractivity contribution in [3.63, 3.8) is 0 Å². The second-order valence-corrected chi connectivity index (χ2v) is 4.41. The van der Waals surface area contributed by atoms with Gasteiger partial charge in [-0.3, -0.25) is 14.9 Å². The molecule has 0 aliphatic rings. The molecule has 0 unspecified atom stereocenters. The number of hydrogen-bond donors (Lipinski definition) is 2. The maximum absolute atomic E-state index is 13.3. The maximum Gasteiger partial charge on any atom is 0.433 e. The third kappa shape index (κ3) is 2.64. The Bertz CT molecular complexity index is 959. The molecule has 0 bridgehead atoms. The lowest BCUT2D eigenvalue weighted by Gasteiger charge is -1.92. The number of hydrogen-bond acceptors (Lipinski definition) is 6. The number of nitrogens with zero attached hydrogens (tertiary/aromatic N) is 3. The van der Waals surface area contributed by atoms with Gasteiger partial charge in [0.15, 0.2) is 5.69 Å². The summed E-state index contributed by atoms with van der Waals surface area (Å²) in [5.74, 6) is -2.93. The fraction of sp³-hybridized carbons (Fsp3) is 0. The molecule has 10 heteroatoms. The molecule has 0 saturated heterocycles. The molecular weight excluding hydrogens is 311 g/mol. The van der Waals surface area contributed by atoms with Gasteiger partial charge >= 0.3 is 11.8 Å². The molecule has 3 rings (SSSR count). The quantitative estimate of drug-likeness (QED) is 0.433. The summed E-state index contributed by atoms with van der Waals surface area (Å²) in [6, 6.07) is 5.77. The van der Waals surface area contributed by atoms with Crippen LogP contribution in [0.5, 0.6) is 5.88 Å². The first-order valence-electron chi connectivity index (χ1n) is 6.16. The zero-order valence-corrected chi connectivity index (χ0v) is 11.2. The van der Waals surface area contributed by atoms with Crippen molar-refractivity contribution in [1.29, 1.82) is 0 Å². The van der Waals surface area contributed by atoms with Crippen LogP contribution in [0.4, 0.5) is 16.0 Å². The molecule has 0 fully saturated rings. The molecule has 0 aliphatic heterocycles. The number of nitrogens with one attached hydrogen (secondary N) is 1. The Morgan fingerprint density at radius 1 is 1.35 bits per heavy atom. The Labute approximate surface area is 126 Å². The highest BCUT2D eigenvalue weighted by atomic mass is 19.1. The molecule has 3 aromatic rings. The number of azo groups is 1. The first-order chi connectivity index (χ1) is 11.0. The third-order valence-corrected chi connectivity index (χ3v) is 2.94. The van der Waals surface area contributed by atoms with E-state index in [9.17, 15) is 24.4 Å². The predicted molar refractivity (Wildman–Crippen MR) is 74.1 cm³/mol. The summed E-state index contributed by atoms with van der Waals surface area (Å²) in [6.45, 7) is 0. The van der Waals surface area contributed by atoms with Gasteiger partial charge in [-0.15, -0.1) is 10.2 Å². The van der Waals surface area contributed by atoms with E-state index in [4.69, 9.17) is 0 Å².